The average molecular weight is 323 g/mol. The van der Waals surface area contributed by atoms with E-state index >= 15 is 0 Å². The second kappa shape index (κ2) is 10.5. The third-order valence-electron chi connectivity index (χ3n) is 4.42. The van der Waals surface area contributed by atoms with Gasteiger partial charge < -0.3 is 13.9 Å². The van der Waals surface area contributed by atoms with E-state index in [-0.39, 0.29) is 5.75 Å². The molecule has 0 radical (unpaired) electrons. The first-order chi connectivity index (χ1) is 9.76. The molecule has 1 fully saturated rings. The van der Waals surface area contributed by atoms with Crippen molar-refractivity contribution in [1.82, 2.24) is 4.90 Å². The van der Waals surface area contributed by atoms with E-state index in [4.69, 9.17) is 0 Å². The van der Waals surface area contributed by atoms with Crippen molar-refractivity contribution in [3.8, 4) is 0 Å². The van der Waals surface area contributed by atoms with Crippen molar-refractivity contribution in [3.05, 3.63) is 0 Å². The minimum atomic E-state index is -4.00. The van der Waals surface area contributed by atoms with Gasteiger partial charge in [0.1, 0.15) is 0 Å². The topological polar surface area (TPSA) is 60.4 Å². The lowest BCUT2D eigenvalue weighted by Crippen LogP contribution is -2.40. The highest BCUT2D eigenvalue weighted by Crippen LogP contribution is 2.14. The van der Waals surface area contributed by atoms with Crippen LogP contribution in [0.1, 0.15) is 46.5 Å². The second-order valence-corrected chi connectivity index (χ2v) is 7.61. The first kappa shape index (κ1) is 20.8. The van der Waals surface area contributed by atoms with Crippen LogP contribution in [0.2, 0.25) is 0 Å². The number of rotatable bonds is 8. The lowest BCUT2D eigenvalue weighted by atomic mass is 10.3. The van der Waals surface area contributed by atoms with Crippen molar-refractivity contribution in [3.63, 3.8) is 0 Å². The van der Waals surface area contributed by atoms with E-state index in [0.29, 0.717) is 6.42 Å². The summed E-state index contributed by atoms with van der Waals surface area (Å²) in [6, 6.07) is 0. The highest BCUT2D eigenvalue weighted by atomic mass is 32.2. The van der Waals surface area contributed by atoms with Crippen LogP contribution in [0.4, 0.5) is 0 Å². The Kier molecular flexibility index (Phi) is 10.5. The monoisotopic (exact) mass is 322 g/mol. The molecule has 1 rings (SSSR count). The molecular weight excluding hydrogens is 288 g/mol. The molecule has 0 spiro atoms. The highest BCUT2D eigenvalue weighted by Gasteiger charge is 2.23. The van der Waals surface area contributed by atoms with Gasteiger partial charge in [0.25, 0.3) is 0 Å². The van der Waals surface area contributed by atoms with Gasteiger partial charge in [-0.15, -0.1) is 0 Å². The minimum Gasteiger partial charge on any atom is -0.748 e. The predicted molar refractivity (Wildman–Crippen MR) is 87.3 cm³/mol. The van der Waals surface area contributed by atoms with Crippen molar-refractivity contribution in [1.29, 1.82) is 0 Å². The summed E-state index contributed by atoms with van der Waals surface area (Å²) < 4.78 is 32.1. The van der Waals surface area contributed by atoms with Crippen LogP contribution in [0, 0.1) is 0 Å². The fraction of sp³-hybridized carbons (Fsp3) is 1.00. The van der Waals surface area contributed by atoms with Crippen LogP contribution < -0.4 is 0 Å². The molecule has 0 aliphatic carbocycles. The Hall–Kier alpha value is -0.170. The minimum absolute atomic E-state index is 0.228. The Bertz CT molecular complexity index is 348. The summed E-state index contributed by atoms with van der Waals surface area (Å²) in [5.74, 6) is -0.228. The summed E-state index contributed by atoms with van der Waals surface area (Å²) in [7, 11) is -1.65. The summed E-state index contributed by atoms with van der Waals surface area (Å²) in [4.78, 5) is 2.21. The molecule has 1 aliphatic heterocycles. The molecule has 128 valence electrons. The molecule has 0 N–H and O–H groups in total. The Labute approximate surface area is 131 Å². The van der Waals surface area contributed by atoms with Gasteiger partial charge >= 0.3 is 0 Å². The fourth-order valence-electron chi connectivity index (χ4n) is 2.57. The number of nitrogens with zero attached hydrogens (tertiary/aromatic N) is 2. The van der Waals surface area contributed by atoms with Crippen LogP contribution in [0.15, 0.2) is 0 Å². The van der Waals surface area contributed by atoms with E-state index in [0.717, 1.165) is 26.1 Å². The average Bonchev–Trinajstić information content (AvgIpc) is 2.86. The van der Waals surface area contributed by atoms with Crippen LogP contribution >= 0.6 is 0 Å². The Morgan fingerprint density at radius 3 is 1.90 bits per heavy atom. The van der Waals surface area contributed by atoms with Gasteiger partial charge in [-0.3, -0.25) is 0 Å². The van der Waals surface area contributed by atoms with Crippen LogP contribution in [-0.2, 0) is 10.1 Å². The van der Waals surface area contributed by atoms with Crippen LogP contribution in [0.5, 0.6) is 0 Å². The fourth-order valence-corrected chi connectivity index (χ4v) is 3.13. The molecular formula is C15H34N2O3S. The van der Waals surface area contributed by atoms with E-state index in [9.17, 15) is 13.0 Å². The lowest BCUT2D eigenvalue weighted by Gasteiger charge is -2.26. The zero-order chi connectivity index (χ0) is 16.4. The van der Waals surface area contributed by atoms with Gasteiger partial charge in [0, 0.05) is 18.6 Å². The van der Waals surface area contributed by atoms with Gasteiger partial charge in [-0.2, -0.15) is 0 Å². The van der Waals surface area contributed by atoms with Gasteiger partial charge in [-0.1, -0.05) is 13.8 Å². The molecule has 0 aromatic carbocycles. The van der Waals surface area contributed by atoms with Gasteiger partial charge in [0.15, 0.2) is 0 Å². The maximum absolute atomic E-state index is 10.2. The van der Waals surface area contributed by atoms with Crippen molar-refractivity contribution in [2.75, 3.05) is 52.1 Å². The standard InChI is InChI=1S/C8H19NO3S.C7H16N/c1-3-9(4-2)7-5-6-8-13(10,11)12;1-3-8(2)6-4-5-7-8/h3-8H2,1-2H3,(H,10,11,12);3-7H2,1-2H3/q;+1/p-1. The molecule has 21 heavy (non-hydrogen) atoms. The number of quaternary nitrogens is 1. The molecule has 0 saturated carbocycles. The molecule has 0 amide bonds. The molecule has 0 atom stereocenters. The molecule has 1 saturated heterocycles. The number of unbranched alkanes of at least 4 members (excludes halogenated alkanes) is 1. The van der Waals surface area contributed by atoms with Gasteiger partial charge in [-0.25, -0.2) is 8.42 Å². The number of hydrogen-bond acceptors (Lipinski definition) is 4. The number of likely N-dealkylation sites (tertiary alicyclic amines) is 1. The first-order valence-corrected chi connectivity index (χ1v) is 9.83. The summed E-state index contributed by atoms with van der Waals surface area (Å²) in [5, 5.41) is 0. The number of hydrogen-bond donors (Lipinski definition) is 0. The third kappa shape index (κ3) is 11.1. The van der Waals surface area contributed by atoms with Crippen molar-refractivity contribution in [2.45, 2.75) is 46.5 Å². The zero-order valence-corrected chi connectivity index (χ0v) is 15.1. The van der Waals surface area contributed by atoms with Gasteiger partial charge in [0.2, 0.25) is 0 Å². The van der Waals surface area contributed by atoms with Crippen molar-refractivity contribution < 1.29 is 17.5 Å². The van der Waals surface area contributed by atoms with E-state index in [1.165, 1.54) is 37.0 Å². The van der Waals surface area contributed by atoms with Crippen LogP contribution in [-0.4, -0.2) is 74.4 Å². The predicted octanol–water partition coefficient (Wildman–Crippen LogP) is 1.90. The lowest BCUT2D eigenvalue weighted by molar-refractivity contribution is -0.895. The van der Waals surface area contributed by atoms with Crippen LogP contribution in [0.25, 0.3) is 0 Å². The van der Waals surface area contributed by atoms with Crippen LogP contribution in [0.3, 0.4) is 0 Å². The SMILES string of the molecule is CCN(CC)CCCCS(=O)(=O)[O-].CC[N+]1(C)CCCC1. The highest BCUT2D eigenvalue weighted by molar-refractivity contribution is 7.85. The summed E-state index contributed by atoms with van der Waals surface area (Å²) in [6.45, 7) is 13.4. The second-order valence-electron chi connectivity index (χ2n) is 6.09. The summed E-state index contributed by atoms with van der Waals surface area (Å²) in [5.41, 5.74) is 0. The smallest absolute Gasteiger partial charge is 0.0945 e. The Morgan fingerprint density at radius 1 is 1.05 bits per heavy atom. The zero-order valence-electron chi connectivity index (χ0n) is 14.3. The molecule has 1 heterocycles. The summed E-state index contributed by atoms with van der Waals surface area (Å²) in [6.07, 6.45) is 4.15. The Morgan fingerprint density at radius 2 is 1.57 bits per heavy atom. The van der Waals surface area contributed by atoms with Crippen molar-refractivity contribution >= 4 is 10.1 Å². The van der Waals surface area contributed by atoms with Gasteiger partial charge in [-0.05, 0) is 39.4 Å². The maximum Gasteiger partial charge on any atom is 0.0945 e. The molecule has 5 nitrogen and oxygen atoms in total. The van der Waals surface area contributed by atoms with E-state index in [1.54, 1.807) is 0 Å². The van der Waals surface area contributed by atoms with E-state index in [1.807, 2.05) is 0 Å². The molecule has 1 aliphatic rings. The quantitative estimate of drug-likeness (QED) is 0.389. The molecule has 0 aromatic rings. The van der Waals surface area contributed by atoms with E-state index in [2.05, 4.69) is 32.7 Å². The van der Waals surface area contributed by atoms with E-state index < -0.39 is 10.1 Å². The van der Waals surface area contributed by atoms with Crippen molar-refractivity contribution in [2.24, 2.45) is 0 Å². The maximum atomic E-state index is 10.2. The summed E-state index contributed by atoms with van der Waals surface area (Å²) >= 11 is 0. The Balaban J connectivity index is 0.000000423. The molecule has 0 aromatic heterocycles. The molecule has 6 heteroatoms. The normalized spacial score (nSPS) is 17.6. The molecule has 0 bridgehead atoms. The van der Waals surface area contributed by atoms with Gasteiger partial charge in [0.05, 0.1) is 36.8 Å². The molecule has 0 unspecified atom stereocenters. The third-order valence-corrected chi connectivity index (χ3v) is 5.21. The largest absolute Gasteiger partial charge is 0.748 e. The first-order valence-electron chi connectivity index (χ1n) is 8.25.